The van der Waals surface area contributed by atoms with Crippen LogP contribution in [0.5, 0.6) is 0 Å². The number of hydrogen-bond acceptors (Lipinski definition) is 5. The monoisotopic (exact) mass is 263 g/mol. The molecule has 104 valence electrons. The molecule has 1 aromatic heterocycles. The third-order valence-corrected chi connectivity index (χ3v) is 5.67. The minimum absolute atomic E-state index is 0.201. The van der Waals surface area contributed by atoms with Crippen molar-refractivity contribution in [3.63, 3.8) is 0 Å². The maximum atomic E-state index is 6.33. The lowest BCUT2D eigenvalue weighted by molar-refractivity contribution is -0.0858. The third kappa shape index (κ3) is 1.54. The Labute approximate surface area is 112 Å². The molecule has 19 heavy (non-hydrogen) atoms. The summed E-state index contributed by atoms with van der Waals surface area (Å²) in [6, 6.07) is 0.201. The van der Waals surface area contributed by atoms with Gasteiger partial charge < -0.3 is 15.0 Å². The molecule has 0 saturated heterocycles. The van der Waals surface area contributed by atoms with Crippen LogP contribution in [0.15, 0.2) is 4.52 Å². The van der Waals surface area contributed by atoms with Crippen LogP contribution in [-0.2, 0) is 10.3 Å². The molecule has 1 aromatic rings. The molecule has 0 amide bonds. The zero-order chi connectivity index (χ0) is 13.0. The lowest BCUT2D eigenvalue weighted by Crippen LogP contribution is -2.37. The standard InChI is InChI=1S/C14H21N3O2/c1-18-14(5-2-6-14)13-16-12(19-17-13)10-8-3-4-9(7-8)11(10)15/h8-11H,2-7,15H2,1H3. The number of nitrogens with zero attached hydrogens (tertiary/aromatic N) is 2. The molecule has 0 spiro atoms. The molecule has 1 heterocycles. The molecule has 5 heteroatoms. The molecule has 3 aliphatic carbocycles. The predicted octanol–water partition coefficient (Wildman–Crippen LogP) is 1.94. The highest BCUT2D eigenvalue weighted by Gasteiger charge is 2.50. The van der Waals surface area contributed by atoms with E-state index in [2.05, 4.69) is 10.1 Å². The highest BCUT2D eigenvalue weighted by Crippen LogP contribution is 2.52. The van der Waals surface area contributed by atoms with E-state index in [-0.39, 0.29) is 17.6 Å². The van der Waals surface area contributed by atoms with Crippen molar-refractivity contribution >= 4 is 0 Å². The molecule has 3 saturated carbocycles. The summed E-state index contributed by atoms with van der Waals surface area (Å²) in [6.45, 7) is 0. The fraction of sp³-hybridized carbons (Fsp3) is 0.857. The smallest absolute Gasteiger partial charge is 0.231 e. The maximum Gasteiger partial charge on any atom is 0.231 e. The lowest BCUT2D eigenvalue weighted by atomic mass is 9.79. The van der Waals surface area contributed by atoms with Crippen molar-refractivity contribution in [2.75, 3.05) is 7.11 Å². The number of hydrogen-bond donors (Lipinski definition) is 1. The third-order valence-electron chi connectivity index (χ3n) is 5.67. The summed E-state index contributed by atoms with van der Waals surface area (Å²) in [5, 5.41) is 4.18. The van der Waals surface area contributed by atoms with Crippen LogP contribution in [0.25, 0.3) is 0 Å². The van der Waals surface area contributed by atoms with Crippen molar-refractivity contribution in [3.8, 4) is 0 Å². The van der Waals surface area contributed by atoms with Crippen molar-refractivity contribution in [2.24, 2.45) is 17.6 Å². The Morgan fingerprint density at radius 3 is 2.68 bits per heavy atom. The molecule has 4 unspecified atom stereocenters. The molecule has 4 atom stereocenters. The van der Waals surface area contributed by atoms with Crippen LogP contribution in [0.4, 0.5) is 0 Å². The summed E-state index contributed by atoms with van der Waals surface area (Å²) in [7, 11) is 1.73. The molecule has 2 bridgehead atoms. The first-order valence-electron chi connectivity index (χ1n) is 7.38. The van der Waals surface area contributed by atoms with Gasteiger partial charge in [0.05, 0.1) is 5.92 Å². The van der Waals surface area contributed by atoms with Crippen LogP contribution < -0.4 is 5.73 Å². The van der Waals surface area contributed by atoms with Crippen LogP contribution in [0.3, 0.4) is 0 Å². The van der Waals surface area contributed by atoms with Crippen LogP contribution in [0.2, 0.25) is 0 Å². The summed E-state index contributed by atoms with van der Waals surface area (Å²) in [6.07, 6.45) is 6.92. The number of fused-ring (bicyclic) bond motifs is 2. The van der Waals surface area contributed by atoms with Crippen molar-refractivity contribution < 1.29 is 9.26 Å². The van der Waals surface area contributed by atoms with Crippen molar-refractivity contribution in [1.29, 1.82) is 0 Å². The topological polar surface area (TPSA) is 74.2 Å². The van der Waals surface area contributed by atoms with Crippen molar-refractivity contribution in [1.82, 2.24) is 10.1 Å². The van der Waals surface area contributed by atoms with Gasteiger partial charge in [0.25, 0.3) is 0 Å². The van der Waals surface area contributed by atoms with E-state index in [1.54, 1.807) is 7.11 Å². The Morgan fingerprint density at radius 2 is 2.11 bits per heavy atom. The molecule has 3 fully saturated rings. The molecular weight excluding hydrogens is 242 g/mol. The minimum Gasteiger partial charge on any atom is -0.370 e. The zero-order valence-electron chi connectivity index (χ0n) is 11.3. The predicted molar refractivity (Wildman–Crippen MR) is 68.4 cm³/mol. The summed E-state index contributed by atoms with van der Waals surface area (Å²) >= 11 is 0. The molecular formula is C14H21N3O2. The Balaban J connectivity index is 1.62. The van der Waals surface area contributed by atoms with Gasteiger partial charge in [-0.2, -0.15) is 4.98 Å². The first kappa shape index (κ1) is 11.9. The van der Waals surface area contributed by atoms with Crippen molar-refractivity contribution in [3.05, 3.63) is 11.7 Å². The highest BCUT2D eigenvalue weighted by molar-refractivity contribution is 5.14. The highest BCUT2D eigenvalue weighted by atomic mass is 16.5. The summed E-state index contributed by atoms with van der Waals surface area (Å²) < 4.78 is 11.1. The Hall–Kier alpha value is -0.940. The molecule has 3 aliphatic rings. The van der Waals surface area contributed by atoms with Gasteiger partial charge in [-0.05, 0) is 50.4 Å². The fourth-order valence-corrected chi connectivity index (χ4v) is 4.27. The number of aromatic nitrogens is 2. The van der Waals surface area contributed by atoms with Gasteiger partial charge in [0.15, 0.2) is 0 Å². The van der Waals surface area contributed by atoms with E-state index in [1.807, 2.05) is 0 Å². The van der Waals surface area contributed by atoms with E-state index in [4.69, 9.17) is 15.0 Å². The lowest BCUT2D eigenvalue weighted by Gasteiger charge is -2.37. The van der Waals surface area contributed by atoms with E-state index in [0.717, 1.165) is 24.6 Å². The molecule has 0 aliphatic heterocycles. The van der Waals surface area contributed by atoms with E-state index >= 15 is 0 Å². The van der Waals surface area contributed by atoms with Crippen LogP contribution in [-0.4, -0.2) is 23.3 Å². The van der Waals surface area contributed by atoms with E-state index < -0.39 is 0 Å². The van der Waals surface area contributed by atoms with Gasteiger partial charge in [0.2, 0.25) is 11.7 Å². The maximum absolute atomic E-state index is 6.33. The summed E-state index contributed by atoms with van der Waals surface area (Å²) in [4.78, 5) is 4.64. The molecule has 0 radical (unpaired) electrons. The van der Waals surface area contributed by atoms with Gasteiger partial charge in [0, 0.05) is 13.2 Å². The SMILES string of the molecule is COC1(c2noc(C3C4CCC(C4)C3N)n2)CCC1. The Kier molecular flexibility index (Phi) is 2.51. The number of methoxy groups -OCH3 is 1. The van der Waals surface area contributed by atoms with Gasteiger partial charge in [-0.25, -0.2) is 0 Å². The second kappa shape index (κ2) is 4.03. The molecule has 5 nitrogen and oxygen atoms in total. The Bertz CT molecular complexity index is 475. The number of nitrogens with two attached hydrogens (primary N) is 1. The van der Waals surface area contributed by atoms with E-state index in [0.29, 0.717) is 11.8 Å². The van der Waals surface area contributed by atoms with Crippen molar-refractivity contribution in [2.45, 2.75) is 56.1 Å². The molecule has 0 aromatic carbocycles. The zero-order valence-corrected chi connectivity index (χ0v) is 11.3. The van der Waals surface area contributed by atoms with Crippen LogP contribution in [0.1, 0.15) is 56.2 Å². The average molecular weight is 263 g/mol. The largest absolute Gasteiger partial charge is 0.370 e. The summed E-state index contributed by atoms with van der Waals surface area (Å²) in [5.41, 5.74) is 6.05. The van der Waals surface area contributed by atoms with Gasteiger partial charge in [-0.1, -0.05) is 5.16 Å². The van der Waals surface area contributed by atoms with Crippen LogP contribution in [0, 0.1) is 11.8 Å². The van der Waals surface area contributed by atoms with Gasteiger partial charge in [0.1, 0.15) is 5.60 Å². The second-order valence-corrected chi connectivity index (χ2v) is 6.44. The Morgan fingerprint density at radius 1 is 1.32 bits per heavy atom. The fourth-order valence-electron chi connectivity index (χ4n) is 4.27. The van der Waals surface area contributed by atoms with E-state index in [9.17, 15) is 0 Å². The second-order valence-electron chi connectivity index (χ2n) is 6.44. The quantitative estimate of drug-likeness (QED) is 0.902. The van der Waals surface area contributed by atoms with E-state index in [1.165, 1.54) is 25.7 Å². The first-order valence-corrected chi connectivity index (χ1v) is 7.38. The normalized spacial score (nSPS) is 39.5. The first-order chi connectivity index (χ1) is 9.23. The van der Waals surface area contributed by atoms with Gasteiger partial charge >= 0.3 is 0 Å². The van der Waals surface area contributed by atoms with Gasteiger partial charge in [-0.15, -0.1) is 0 Å². The minimum atomic E-state index is -0.288. The van der Waals surface area contributed by atoms with Crippen LogP contribution >= 0.6 is 0 Å². The average Bonchev–Trinajstić information content (AvgIpc) is 3.03. The molecule has 2 N–H and O–H groups in total. The number of rotatable bonds is 3. The molecule has 4 rings (SSSR count). The van der Waals surface area contributed by atoms with Gasteiger partial charge in [-0.3, -0.25) is 0 Å². The number of ether oxygens (including phenoxy) is 1. The summed E-state index contributed by atoms with van der Waals surface area (Å²) in [5.74, 6) is 3.05.